The van der Waals surface area contributed by atoms with Crippen LogP contribution in [0.5, 0.6) is 5.75 Å². The van der Waals surface area contributed by atoms with Crippen LogP contribution in [0.2, 0.25) is 0 Å². The largest absolute Gasteiger partial charge is 0.490 e. The molecule has 0 aliphatic carbocycles. The molecule has 5 nitrogen and oxygen atoms in total. The van der Waals surface area contributed by atoms with Crippen molar-refractivity contribution in [3.63, 3.8) is 0 Å². The van der Waals surface area contributed by atoms with Crippen molar-refractivity contribution in [2.24, 2.45) is 0 Å². The zero-order valence-electron chi connectivity index (χ0n) is 15.2. The van der Waals surface area contributed by atoms with Crippen molar-refractivity contribution in [3.8, 4) is 5.75 Å². The van der Waals surface area contributed by atoms with E-state index >= 15 is 0 Å². The molecule has 2 rings (SSSR count). The summed E-state index contributed by atoms with van der Waals surface area (Å²) in [5.41, 5.74) is 2.69. The van der Waals surface area contributed by atoms with E-state index in [0.717, 1.165) is 16.8 Å². The van der Waals surface area contributed by atoms with Gasteiger partial charge in [0, 0.05) is 12.7 Å². The Morgan fingerprint density at radius 1 is 1.08 bits per heavy atom. The highest BCUT2D eigenvalue weighted by atomic mass is 19.1. The van der Waals surface area contributed by atoms with Crippen LogP contribution < -0.4 is 10.1 Å². The van der Waals surface area contributed by atoms with Crippen LogP contribution in [0.3, 0.4) is 0 Å². The van der Waals surface area contributed by atoms with E-state index < -0.39 is 5.82 Å². The van der Waals surface area contributed by atoms with Crippen molar-refractivity contribution >= 4 is 17.5 Å². The number of benzene rings is 2. The average molecular weight is 358 g/mol. The van der Waals surface area contributed by atoms with Crippen LogP contribution in [0, 0.1) is 19.7 Å². The molecular formula is C20H23FN2O3. The van der Waals surface area contributed by atoms with Crippen molar-refractivity contribution in [3.05, 3.63) is 59.4 Å². The normalized spacial score (nSPS) is 10.3. The van der Waals surface area contributed by atoms with E-state index in [1.807, 2.05) is 32.0 Å². The zero-order valence-corrected chi connectivity index (χ0v) is 15.2. The van der Waals surface area contributed by atoms with Gasteiger partial charge in [0.15, 0.2) is 11.6 Å². The minimum absolute atomic E-state index is 0.0443. The Labute approximate surface area is 152 Å². The highest BCUT2D eigenvalue weighted by molar-refractivity contribution is 5.95. The van der Waals surface area contributed by atoms with Crippen molar-refractivity contribution in [1.82, 2.24) is 4.90 Å². The molecule has 0 aromatic heterocycles. The lowest BCUT2D eigenvalue weighted by molar-refractivity contribution is -0.133. The smallest absolute Gasteiger partial charge is 0.243 e. The van der Waals surface area contributed by atoms with Gasteiger partial charge in [-0.15, -0.1) is 0 Å². The molecule has 0 aliphatic rings. The predicted molar refractivity (Wildman–Crippen MR) is 98.7 cm³/mol. The molecule has 2 aromatic carbocycles. The van der Waals surface area contributed by atoms with Crippen molar-refractivity contribution in [1.29, 1.82) is 0 Å². The molecular weight excluding hydrogens is 335 g/mol. The van der Waals surface area contributed by atoms with Gasteiger partial charge in [-0.2, -0.15) is 0 Å². The summed E-state index contributed by atoms with van der Waals surface area (Å²) in [4.78, 5) is 25.6. The molecule has 0 fully saturated rings. The number of nitrogens with one attached hydrogen (secondary N) is 1. The lowest BCUT2D eigenvalue weighted by Crippen LogP contribution is -2.35. The standard InChI is InChI=1S/C20H23FN2O3/c1-14-7-6-8-15(2)20(14)22-18(24)13-23(3)19(25)11-12-26-17-10-5-4-9-16(17)21/h4-10H,11-13H2,1-3H3,(H,22,24). The van der Waals surface area contributed by atoms with E-state index in [9.17, 15) is 14.0 Å². The summed E-state index contributed by atoms with van der Waals surface area (Å²) < 4.78 is 18.7. The molecule has 1 N–H and O–H groups in total. The lowest BCUT2D eigenvalue weighted by atomic mass is 10.1. The topological polar surface area (TPSA) is 58.6 Å². The average Bonchev–Trinajstić information content (AvgIpc) is 2.59. The number of aryl methyl sites for hydroxylation is 2. The zero-order chi connectivity index (χ0) is 19.1. The summed E-state index contributed by atoms with van der Waals surface area (Å²) in [6, 6.07) is 11.8. The van der Waals surface area contributed by atoms with Crippen LogP contribution in [0.25, 0.3) is 0 Å². The van der Waals surface area contributed by atoms with Gasteiger partial charge < -0.3 is 15.0 Å². The fourth-order valence-corrected chi connectivity index (χ4v) is 2.50. The molecule has 138 valence electrons. The van der Waals surface area contributed by atoms with Crippen LogP contribution in [-0.4, -0.2) is 36.9 Å². The van der Waals surface area contributed by atoms with E-state index in [1.165, 1.54) is 17.0 Å². The van der Waals surface area contributed by atoms with Crippen molar-refractivity contribution in [2.45, 2.75) is 20.3 Å². The number of ether oxygens (including phenoxy) is 1. The van der Waals surface area contributed by atoms with E-state index in [0.29, 0.717) is 0 Å². The first-order valence-electron chi connectivity index (χ1n) is 8.36. The molecule has 0 saturated heterocycles. The summed E-state index contributed by atoms with van der Waals surface area (Å²) in [7, 11) is 1.55. The van der Waals surface area contributed by atoms with Gasteiger partial charge in [0.1, 0.15) is 0 Å². The second-order valence-corrected chi connectivity index (χ2v) is 6.09. The van der Waals surface area contributed by atoms with Crippen molar-refractivity contribution in [2.75, 3.05) is 25.5 Å². The summed E-state index contributed by atoms with van der Waals surface area (Å²) in [6.45, 7) is 3.81. The quantitative estimate of drug-likeness (QED) is 0.826. The van der Waals surface area contributed by atoms with Crippen LogP contribution in [0.1, 0.15) is 17.5 Å². The van der Waals surface area contributed by atoms with Crippen LogP contribution in [-0.2, 0) is 9.59 Å². The minimum Gasteiger partial charge on any atom is -0.490 e. The molecule has 0 atom stereocenters. The Bertz CT molecular complexity index is 772. The molecule has 0 spiro atoms. The fraction of sp³-hybridized carbons (Fsp3) is 0.300. The number of rotatable bonds is 7. The molecule has 26 heavy (non-hydrogen) atoms. The number of likely N-dealkylation sites (N-methyl/N-ethyl adjacent to an activating group) is 1. The number of para-hydroxylation sites is 2. The Balaban J connectivity index is 1.81. The van der Waals surface area contributed by atoms with E-state index in [-0.39, 0.29) is 37.1 Å². The molecule has 0 radical (unpaired) electrons. The highest BCUT2D eigenvalue weighted by Gasteiger charge is 2.15. The third kappa shape index (κ3) is 5.31. The Hall–Kier alpha value is -2.89. The summed E-state index contributed by atoms with van der Waals surface area (Å²) in [5.74, 6) is -0.886. The number of hydrogen-bond acceptors (Lipinski definition) is 3. The fourth-order valence-electron chi connectivity index (χ4n) is 2.50. The number of halogens is 1. The van der Waals surface area contributed by atoms with Gasteiger partial charge in [0.05, 0.1) is 19.6 Å². The third-order valence-electron chi connectivity index (χ3n) is 3.96. The lowest BCUT2D eigenvalue weighted by Gasteiger charge is -2.18. The Kier molecular flexibility index (Phi) is 6.72. The van der Waals surface area contributed by atoms with Crippen LogP contribution in [0.4, 0.5) is 10.1 Å². The maximum atomic E-state index is 13.4. The Morgan fingerprint density at radius 3 is 2.38 bits per heavy atom. The van der Waals surface area contributed by atoms with E-state index in [2.05, 4.69) is 5.32 Å². The van der Waals surface area contributed by atoms with Gasteiger partial charge in [-0.25, -0.2) is 4.39 Å². The molecule has 0 unspecified atom stereocenters. The van der Waals surface area contributed by atoms with E-state index in [4.69, 9.17) is 4.74 Å². The first-order valence-corrected chi connectivity index (χ1v) is 8.36. The predicted octanol–water partition coefficient (Wildman–Crippen LogP) is 3.31. The third-order valence-corrected chi connectivity index (χ3v) is 3.96. The van der Waals surface area contributed by atoms with Gasteiger partial charge in [0.2, 0.25) is 11.8 Å². The first-order chi connectivity index (χ1) is 12.4. The number of hydrogen-bond donors (Lipinski definition) is 1. The number of nitrogens with zero attached hydrogens (tertiary/aromatic N) is 1. The molecule has 6 heteroatoms. The maximum Gasteiger partial charge on any atom is 0.243 e. The maximum absolute atomic E-state index is 13.4. The molecule has 0 saturated carbocycles. The minimum atomic E-state index is -0.471. The highest BCUT2D eigenvalue weighted by Crippen LogP contribution is 2.19. The van der Waals surface area contributed by atoms with E-state index in [1.54, 1.807) is 19.2 Å². The molecule has 2 amide bonds. The summed E-state index contributed by atoms with van der Waals surface area (Å²) in [5, 5.41) is 2.84. The second-order valence-electron chi connectivity index (χ2n) is 6.09. The SMILES string of the molecule is Cc1cccc(C)c1NC(=O)CN(C)C(=O)CCOc1ccccc1F. The molecule has 0 heterocycles. The molecule has 2 aromatic rings. The van der Waals surface area contributed by atoms with Crippen LogP contribution >= 0.6 is 0 Å². The summed E-state index contributed by atoms with van der Waals surface area (Å²) >= 11 is 0. The van der Waals surface area contributed by atoms with Gasteiger partial charge >= 0.3 is 0 Å². The first kappa shape index (κ1) is 19.4. The van der Waals surface area contributed by atoms with Gasteiger partial charge in [-0.3, -0.25) is 9.59 Å². The van der Waals surface area contributed by atoms with Crippen LogP contribution in [0.15, 0.2) is 42.5 Å². The number of anilines is 1. The number of carbonyl (C=O) groups is 2. The number of carbonyl (C=O) groups excluding carboxylic acids is 2. The molecule has 0 aliphatic heterocycles. The van der Waals surface area contributed by atoms with Crippen molar-refractivity contribution < 1.29 is 18.7 Å². The van der Waals surface area contributed by atoms with Gasteiger partial charge in [-0.1, -0.05) is 30.3 Å². The van der Waals surface area contributed by atoms with Gasteiger partial charge in [0.25, 0.3) is 0 Å². The summed E-state index contributed by atoms with van der Waals surface area (Å²) in [6.07, 6.45) is 0.0571. The monoisotopic (exact) mass is 358 g/mol. The Morgan fingerprint density at radius 2 is 1.73 bits per heavy atom. The van der Waals surface area contributed by atoms with Gasteiger partial charge in [-0.05, 0) is 37.1 Å². The number of amides is 2. The second kappa shape index (κ2) is 8.99. The molecule has 0 bridgehead atoms.